The van der Waals surface area contributed by atoms with Gasteiger partial charge in [-0.15, -0.1) is 0 Å². The molecule has 0 spiro atoms. The maximum absolute atomic E-state index is 12.7. The Labute approximate surface area is 124 Å². The quantitative estimate of drug-likeness (QED) is 0.898. The van der Waals surface area contributed by atoms with Crippen molar-refractivity contribution in [3.05, 3.63) is 24.0 Å². The van der Waals surface area contributed by atoms with Crippen LogP contribution in [0, 0.1) is 0 Å². The van der Waals surface area contributed by atoms with Crippen LogP contribution >= 0.6 is 0 Å². The molecule has 6 heteroatoms. The fraction of sp³-hybridized carbons (Fsp3) is 0.667. The molecule has 1 rings (SSSR count). The van der Waals surface area contributed by atoms with Crippen LogP contribution in [0.5, 0.6) is 0 Å². The Balaban J connectivity index is 2.90. The van der Waals surface area contributed by atoms with Crippen LogP contribution in [-0.2, 0) is 6.54 Å². The molecule has 0 radical (unpaired) electrons. The van der Waals surface area contributed by atoms with Gasteiger partial charge in [0.1, 0.15) is 6.54 Å². The normalized spacial score (nSPS) is 12.8. The van der Waals surface area contributed by atoms with Crippen LogP contribution in [0.3, 0.4) is 0 Å². The summed E-state index contributed by atoms with van der Waals surface area (Å²) >= 11 is 0. The fourth-order valence-electron chi connectivity index (χ4n) is 1.86. The third-order valence-electron chi connectivity index (χ3n) is 2.90. The van der Waals surface area contributed by atoms with Crippen LogP contribution < -0.4 is 10.2 Å². The van der Waals surface area contributed by atoms with Gasteiger partial charge >= 0.3 is 6.18 Å². The Kier molecular flexibility index (Phi) is 5.61. The van der Waals surface area contributed by atoms with E-state index in [1.165, 1.54) is 4.90 Å². The Morgan fingerprint density at radius 2 is 1.86 bits per heavy atom. The molecule has 0 aliphatic carbocycles. The van der Waals surface area contributed by atoms with Gasteiger partial charge in [0.25, 0.3) is 0 Å². The second kappa shape index (κ2) is 6.64. The van der Waals surface area contributed by atoms with Crippen molar-refractivity contribution >= 4 is 5.69 Å². The molecule has 0 bridgehead atoms. The van der Waals surface area contributed by atoms with E-state index in [2.05, 4.69) is 10.3 Å². The van der Waals surface area contributed by atoms with Crippen molar-refractivity contribution in [3.63, 3.8) is 0 Å². The van der Waals surface area contributed by atoms with Crippen molar-refractivity contribution < 1.29 is 13.2 Å². The summed E-state index contributed by atoms with van der Waals surface area (Å²) in [5.74, 6) is 0. The number of nitrogens with zero attached hydrogens (tertiary/aromatic N) is 2. The molecule has 1 aromatic rings. The van der Waals surface area contributed by atoms with Crippen LogP contribution in [0.25, 0.3) is 0 Å². The molecule has 3 nitrogen and oxygen atoms in total. The average molecular weight is 303 g/mol. The molecule has 0 unspecified atom stereocenters. The first-order chi connectivity index (χ1) is 9.48. The van der Waals surface area contributed by atoms with E-state index in [1.54, 1.807) is 32.2 Å². The molecule has 0 amide bonds. The van der Waals surface area contributed by atoms with Crippen LogP contribution in [0.4, 0.5) is 18.9 Å². The summed E-state index contributed by atoms with van der Waals surface area (Å²) in [5.41, 5.74) is 1.21. The first-order valence-electron chi connectivity index (χ1n) is 7.01. The number of hydrogen-bond donors (Lipinski definition) is 1. The van der Waals surface area contributed by atoms with Crippen LogP contribution in [0.2, 0.25) is 0 Å². The Morgan fingerprint density at radius 1 is 1.24 bits per heavy atom. The smallest absolute Gasteiger partial charge is 0.360 e. The number of nitrogens with one attached hydrogen (secondary N) is 1. The first kappa shape index (κ1) is 17.8. The third kappa shape index (κ3) is 6.80. The Hall–Kier alpha value is -1.30. The molecule has 1 N–H and O–H groups in total. The molecule has 0 aliphatic rings. The van der Waals surface area contributed by atoms with E-state index in [0.29, 0.717) is 12.2 Å². The maximum atomic E-state index is 12.7. The minimum atomic E-state index is -4.22. The van der Waals surface area contributed by atoms with Crippen molar-refractivity contribution in [1.29, 1.82) is 0 Å². The molecule has 0 saturated heterocycles. The average Bonchev–Trinajstić information content (AvgIpc) is 2.32. The number of pyridine rings is 1. The molecule has 0 atom stereocenters. The van der Waals surface area contributed by atoms with Crippen molar-refractivity contribution in [2.75, 3.05) is 11.4 Å². The summed E-state index contributed by atoms with van der Waals surface area (Å²) in [4.78, 5) is 5.55. The molecule has 0 saturated carbocycles. The summed E-state index contributed by atoms with van der Waals surface area (Å²) in [6.07, 6.45) is -2.67. The van der Waals surface area contributed by atoms with Gasteiger partial charge in [-0.3, -0.25) is 4.98 Å². The third-order valence-corrected chi connectivity index (χ3v) is 2.90. The summed E-state index contributed by atoms with van der Waals surface area (Å²) in [5, 5.41) is 3.28. The predicted molar refractivity (Wildman–Crippen MR) is 79.4 cm³/mol. The summed E-state index contributed by atoms with van der Waals surface area (Å²) in [6, 6.07) is 3.09. The zero-order valence-electron chi connectivity index (χ0n) is 13.3. The van der Waals surface area contributed by atoms with E-state index in [1.807, 2.05) is 20.8 Å². The summed E-state index contributed by atoms with van der Waals surface area (Å²) in [6.45, 7) is 9.15. The minimum absolute atomic E-state index is 0.0681. The zero-order chi connectivity index (χ0) is 16.3. The minimum Gasteiger partial charge on any atom is -0.360 e. The number of anilines is 1. The molecular weight excluding hydrogens is 279 g/mol. The molecule has 0 aliphatic heterocycles. The summed E-state index contributed by atoms with van der Waals surface area (Å²) in [7, 11) is 0. The highest BCUT2D eigenvalue weighted by Gasteiger charge is 2.32. The van der Waals surface area contributed by atoms with Gasteiger partial charge in [-0.25, -0.2) is 0 Å². The van der Waals surface area contributed by atoms with Gasteiger partial charge in [-0.1, -0.05) is 0 Å². The molecule has 120 valence electrons. The fourth-order valence-corrected chi connectivity index (χ4v) is 1.86. The molecule has 1 heterocycles. The maximum Gasteiger partial charge on any atom is 0.405 e. The van der Waals surface area contributed by atoms with Crippen LogP contribution in [0.1, 0.15) is 40.3 Å². The van der Waals surface area contributed by atoms with Crippen molar-refractivity contribution in [3.8, 4) is 0 Å². The van der Waals surface area contributed by atoms with Gasteiger partial charge in [-0.05, 0) is 46.8 Å². The summed E-state index contributed by atoms with van der Waals surface area (Å²) < 4.78 is 38.1. The molecular formula is C15H24F3N3. The molecule has 1 aromatic heterocycles. The Bertz CT molecular complexity index is 450. The van der Waals surface area contributed by atoms with Gasteiger partial charge in [0, 0.05) is 30.0 Å². The second-order valence-electron chi connectivity index (χ2n) is 6.45. The largest absolute Gasteiger partial charge is 0.405 e. The predicted octanol–water partition coefficient (Wildman–Crippen LogP) is 3.75. The van der Waals surface area contributed by atoms with Crippen LogP contribution in [-0.4, -0.2) is 29.3 Å². The van der Waals surface area contributed by atoms with E-state index in [-0.39, 0.29) is 11.6 Å². The topological polar surface area (TPSA) is 28.2 Å². The van der Waals surface area contributed by atoms with Gasteiger partial charge in [0.2, 0.25) is 0 Å². The first-order valence-corrected chi connectivity index (χ1v) is 7.01. The van der Waals surface area contributed by atoms with E-state index >= 15 is 0 Å². The molecule has 0 fully saturated rings. The number of halogens is 3. The van der Waals surface area contributed by atoms with Gasteiger partial charge in [-0.2, -0.15) is 13.2 Å². The lowest BCUT2D eigenvalue weighted by atomic mass is 10.1. The lowest BCUT2D eigenvalue weighted by Crippen LogP contribution is -2.39. The standard InChI is InChI=1S/C15H24F3N3/c1-11(2)21(10-15(16,17)18)13-6-7-19-12(8-13)9-20-14(3,4)5/h6-8,11,20H,9-10H2,1-5H3. The monoisotopic (exact) mass is 303 g/mol. The SMILES string of the molecule is CC(C)N(CC(F)(F)F)c1ccnc(CNC(C)(C)C)c1. The number of hydrogen-bond acceptors (Lipinski definition) is 3. The van der Waals surface area contributed by atoms with Crippen LogP contribution in [0.15, 0.2) is 18.3 Å². The molecule has 0 aromatic carbocycles. The highest BCUT2D eigenvalue weighted by Crippen LogP contribution is 2.24. The van der Waals surface area contributed by atoms with E-state index in [0.717, 1.165) is 5.69 Å². The van der Waals surface area contributed by atoms with Gasteiger partial charge in [0.05, 0.1) is 5.69 Å². The lowest BCUT2D eigenvalue weighted by molar-refractivity contribution is -0.120. The van der Waals surface area contributed by atoms with Crippen molar-refractivity contribution in [2.24, 2.45) is 0 Å². The lowest BCUT2D eigenvalue weighted by Gasteiger charge is -2.30. The van der Waals surface area contributed by atoms with E-state index in [4.69, 9.17) is 0 Å². The van der Waals surface area contributed by atoms with E-state index in [9.17, 15) is 13.2 Å². The van der Waals surface area contributed by atoms with E-state index < -0.39 is 12.7 Å². The number of alkyl halides is 3. The Morgan fingerprint density at radius 3 is 2.33 bits per heavy atom. The zero-order valence-corrected chi connectivity index (χ0v) is 13.3. The number of aromatic nitrogens is 1. The highest BCUT2D eigenvalue weighted by molar-refractivity contribution is 5.47. The molecule has 21 heavy (non-hydrogen) atoms. The second-order valence-corrected chi connectivity index (χ2v) is 6.45. The van der Waals surface area contributed by atoms with Crippen molar-refractivity contribution in [2.45, 2.75) is 58.9 Å². The van der Waals surface area contributed by atoms with Crippen molar-refractivity contribution in [1.82, 2.24) is 10.3 Å². The van der Waals surface area contributed by atoms with Gasteiger partial charge in [0.15, 0.2) is 0 Å². The van der Waals surface area contributed by atoms with Gasteiger partial charge < -0.3 is 10.2 Å². The number of rotatable bonds is 5. The highest BCUT2D eigenvalue weighted by atomic mass is 19.4.